The zero-order valence-electron chi connectivity index (χ0n) is 14.8. The molecule has 0 aliphatic rings. The quantitative estimate of drug-likeness (QED) is 0.633. The third-order valence-corrected chi connectivity index (χ3v) is 6.02. The second-order valence-electron chi connectivity index (χ2n) is 5.78. The second-order valence-corrected chi connectivity index (χ2v) is 8.65. The van der Waals surface area contributed by atoms with Crippen LogP contribution in [0.25, 0.3) is 21.8 Å². The molecule has 5 nitrogen and oxygen atoms in total. The average Bonchev–Trinajstić information content (AvgIpc) is 3.11. The fourth-order valence-corrected chi connectivity index (χ4v) is 3.79. The summed E-state index contributed by atoms with van der Waals surface area (Å²) in [7, 11) is -1.73. The van der Waals surface area contributed by atoms with Crippen LogP contribution in [0.15, 0.2) is 53.9 Å². The van der Waals surface area contributed by atoms with Gasteiger partial charge < -0.3 is 4.74 Å². The molecule has 0 spiro atoms. The normalized spacial score (nSPS) is 11.3. The molecule has 0 aliphatic heterocycles. The number of ether oxygens (including phenoxy) is 1. The number of rotatable bonds is 6. The maximum absolute atomic E-state index is 11.6. The summed E-state index contributed by atoms with van der Waals surface area (Å²) in [6, 6.07) is 15.2. The lowest BCUT2D eigenvalue weighted by molar-refractivity contribution is 0.340. The van der Waals surface area contributed by atoms with Crippen molar-refractivity contribution in [2.45, 2.75) is 6.92 Å². The molecule has 1 heterocycles. The van der Waals surface area contributed by atoms with Gasteiger partial charge in [0.05, 0.1) is 24.2 Å². The Labute approximate surface area is 157 Å². The minimum atomic E-state index is -3.27. The summed E-state index contributed by atoms with van der Waals surface area (Å²) in [4.78, 5) is 4.71. The van der Waals surface area contributed by atoms with Crippen molar-refractivity contribution in [3.8, 4) is 27.6 Å². The highest BCUT2D eigenvalue weighted by atomic mass is 32.2. The Morgan fingerprint density at radius 3 is 2.50 bits per heavy atom. The summed E-state index contributed by atoms with van der Waals surface area (Å²) < 4.78 is 30.0. The number of hydrogen-bond acceptors (Lipinski definition) is 5. The Morgan fingerprint density at radius 2 is 1.85 bits per heavy atom. The molecule has 0 fully saturated rings. The Bertz CT molecular complexity index is 996. The van der Waals surface area contributed by atoms with Gasteiger partial charge in [-0.25, -0.2) is 13.4 Å². The molecule has 0 amide bonds. The van der Waals surface area contributed by atoms with Gasteiger partial charge in [-0.2, -0.15) is 0 Å². The first-order chi connectivity index (χ1) is 12.4. The first kappa shape index (κ1) is 18.4. The van der Waals surface area contributed by atoms with Gasteiger partial charge in [0.25, 0.3) is 0 Å². The average molecular weight is 389 g/mol. The number of hydrogen-bond donors (Lipinski definition) is 0. The molecule has 26 heavy (non-hydrogen) atoms. The minimum Gasteiger partial charge on any atom is -0.494 e. The van der Waals surface area contributed by atoms with Crippen molar-refractivity contribution in [1.82, 2.24) is 4.98 Å². The maximum atomic E-state index is 11.6. The van der Waals surface area contributed by atoms with E-state index in [1.807, 2.05) is 48.7 Å². The SMILES string of the molecule is CCOc1cccc(-c2nc(-c3ccc(N(C)S(C)(=O)=O)cc3)cs2)c1. The number of thiazole rings is 1. The van der Waals surface area contributed by atoms with E-state index in [2.05, 4.69) is 0 Å². The van der Waals surface area contributed by atoms with E-state index in [-0.39, 0.29) is 0 Å². The molecule has 1 aromatic heterocycles. The van der Waals surface area contributed by atoms with Gasteiger partial charge in [-0.15, -0.1) is 11.3 Å². The van der Waals surface area contributed by atoms with E-state index >= 15 is 0 Å². The van der Waals surface area contributed by atoms with Crippen LogP contribution in [0, 0.1) is 0 Å². The van der Waals surface area contributed by atoms with Crippen LogP contribution >= 0.6 is 11.3 Å². The van der Waals surface area contributed by atoms with Crippen molar-refractivity contribution in [3.63, 3.8) is 0 Å². The van der Waals surface area contributed by atoms with Crippen molar-refractivity contribution in [3.05, 3.63) is 53.9 Å². The molecule has 0 unspecified atom stereocenters. The fourth-order valence-electron chi connectivity index (χ4n) is 2.46. The molecular formula is C19H20N2O3S2. The standard InChI is InChI=1S/C19H20N2O3S2/c1-4-24-17-7-5-6-15(12-17)19-20-18(13-25-19)14-8-10-16(11-9-14)21(2)26(3,22)23/h5-13H,4H2,1-3H3. The van der Waals surface area contributed by atoms with Crippen molar-refractivity contribution >= 4 is 27.0 Å². The minimum absolute atomic E-state index is 0.621. The van der Waals surface area contributed by atoms with Crippen molar-refractivity contribution < 1.29 is 13.2 Å². The Kier molecular flexibility index (Phi) is 5.29. The van der Waals surface area contributed by atoms with E-state index in [0.717, 1.165) is 27.6 Å². The Balaban J connectivity index is 1.85. The third-order valence-electron chi connectivity index (χ3n) is 3.92. The topological polar surface area (TPSA) is 59.5 Å². The molecule has 0 N–H and O–H groups in total. The van der Waals surface area contributed by atoms with Crippen LogP contribution in [0.2, 0.25) is 0 Å². The molecule has 0 atom stereocenters. The largest absolute Gasteiger partial charge is 0.494 e. The monoisotopic (exact) mass is 388 g/mol. The molecule has 136 valence electrons. The summed E-state index contributed by atoms with van der Waals surface area (Å²) in [5.41, 5.74) is 3.44. The summed E-state index contributed by atoms with van der Waals surface area (Å²) >= 11 is 1.57. The predicted octanol–water partition coefficient (Wildman–Crippen LogP) is 4.27. The highest BCUT2D eigenvalue weighted by Gasteiger charge is 2.12. The van der Waals surface area contributed by atoms with Gasteiger partial charge in [0.1, 0.15) is 10.8 Å². The zero-order chi connectivity index (χ0) is 18.7. The molecule has 0 saturated carbocycles. The lowest BCUT2D eigenvalue weighted by atomic mass is 10.1. The van der Waals surface area contributed by atoms with E-state index in [0.29, 0.717) is 12.3 Å². The van der Waals surface area contributed by atoms with E-state index in [4.69, 9.17) is 9.72 Å². The van der Waals surface area contributed by atoms with Crippen LogP contribution in [-0.2, 0) is 10.0 Å². The molecule has 0 aliphatic carbocycles. The maximum Gasteiger partial charge on any atom is 0.231 e. The van der Waals surface area contributed by atoms with E-state index in [1.165, 1.54) is 17.6 Å². The first-order valence-electron chi connectivity index (χ1n) is 8.11. The summed E-state index contributed by atoms with van der Waals surface area (Å²) in [5.74, 6) is 0.829. The van der Waals surface area contributed by atoms with Crippen molar-refractivity contribution in [2.75, 3.05) is 24.2 Å². The van der Waals surface area contributed by atoms with Crippen molar-refractivity contribution in [1.29, 1.82) is 0 Å². The summed E-state index contributed by atoms with van der Waals surface area (Å²) in [6.45, 7) is 2.58. The van der Waals surface area contributed by atoms with Gasteiger partial charge >= 0.3 is 0 Å². The number of nitrogens with zero attached hydrogens (tertiary/aromatic N) is 2. The molecule has 0 radical (unpaired) electrons. The fraction of sp³-hybridized carbons (Fsp3) is 0.211. The summed E-state index contributed by atoms with van der Waals surface area (Å²) in [6.07, 6.45) is 1.18. The van der Waals surface area contributed by atoms with Crippen LogP contribution < -0.4 is 9.04 Å². The summed E-state index contributed by atoms with van der Waals surface area (Å²) in [5, 5.41) is 2.91. The van der Waals surface area contributed by atoms with Crippen LogP contribution in [0.3, 0.4) is 0 Å². The molecule has 2 aromatic carbocycles. The molecule has 3 aromatic rings. The zero-order valence-corrected chi connectivity index (χ0v) is 16.5. The Hall–Kier alpha value is -2.38. The highest BCUT2D eigenvalue weighted by Crippen LogP contribution is 2.31. The van der Waals surface area contributed by atoms with Gasteiger partial charge in [0.2, 0.25) is 10.0 Å². The smallest absolute Gasteiger partial charge is 0.231 e. The lowest BCUT2D eigenvalue weighted by Gasteiger charge is -2.16. The van der Waals surface area contributed by atoms with Gasteiger partial charge in [0.15, 0.2) is 0 Å². The third kappa shape index (κ3) is 4.05. The van der Waals surface area contributed by atoms with Crippen LogP contribution in [0.1, 0.15) is 6.92 Å². The van der Waals surface area contributed by atoms with Gasteiger partial charge in [-0.05, 0) is 31.2 Å². The van der Waals surface area contributed by atoms with E-state index in [9.17, 15) is 8.42 Å². The second kappa shape index (κ2) is 7.47. The van der Waals surface area contributed by atoms with Crippen LogP contribution in [0.5, 0.6) is 5.75 Å². The predicted molar refractivity (Wildman–Crippen MR) is 107 cm³/mol. The molecule has 3 rings (SSSR count). The number of benzene rings is 2. The first-order valence-corrected chi connectivity index (χ1v) is 10.8. The molecule has 7 heteroatoms. The van der Waals surface area contributed by atoms with Gasteiger partial charge in [0, 0.05) is 23.6 Å². The number of anilines is 1. The van der Waals surface area contributed by atoms with Crippen LogP contribution in [0.4, 0.5) is 5.69 Å². The Morgan fingerprint density at radius 1 is 1.12 bits per heavy atom. The van der Waals surface area contributed by atoms with E-state index < -0.39 is 10.0 Å². The molecule has 0 bridgehead atoms. The van der Waals surface area contributed by atoms with Crippen molar-refractivity contribution in [2.24, 2.45) is 0 Å². The molecule has 0 saturated heterocycles. The number of aromatic nitrogens is 1. The van der Waals surface area contributed by atoms with E-state index in [1.54, 1.807) is 23.5 Å². The number of sulfonamides is 1. The van der Waals surface area contributed by atoms with Gasteiger partial charge in [-0.3, -0.25) is 4.31 Å². The van der Waals surface area contributed by atoms with Crippen LogP contribution in [-0.4, -0.2) is 33.3 Å². The molecular weight excluding hydrogens is 368 g/mol. The van der Waals surface area contributed by atoms with Gasteiger partial charge in [-0.1, -0.05) is 24.3 Å². The lowest BCUT2D eigenvalue weighted by Crippen LogP contribution is -2.24. The highest BCUT2D eigenvalue weighted by molar-refractivity contribution is 7.92.